The van der Waals surface area contributed by atoms with E-state index in [1.807, 2.05) is 42.5 Å². The number of ether oxygens (including phenoxy) is 1. The molecule has 1 atom stereocenters. The van der Waals surface area contributed by atoms with Gasteiger partial charge < -0.3 is 14.4 Å². The van der Waals surface area contributed by atoms with Crippen molar-refractivity contribution in [3.63, 3.8) is 0 Å². The Balaban J connectivity index is 1.69. The number of aromatic carboxylic acids is 1. The zero-order valence-electron chi connectivity index (χ0n) is 17.5. The molecule has 1 N–H and O–H groups in total. The first-order chi connectivity index (χ1) is 15.6. The molecule has 0 aliphatic carbocycles. The third-order valence-electron chi connectivity index (χ3n) is 5.31. The molecule has 2 aromatic carbocycles. The highest BCUT2D eigenvalue weighted by Gasteiger charge is 2.34. The lowest BCUT2D eigenvalue weighted by atomic mass is 10.00. The van der Waals surface area contributed by atoms with Gasteiger partial charge in [0.2, 0.25) is 0 Å². The summed E-state index contributed by atoms with van der Waals surface area (Å²) in [6.07, 6.45) is 0.794. The number of thioether (sulfide) groups is 1. The van der Waals surface area contributed by atoms with Crippen molar-refractivity contribution in [3.8, 4) is 28.4 Å². The number of rotatable bonds is 6. The van der Waals surface area contributed by atoms with Gasteiger partial charge in [-0.1, -0.05) is 36.3 Å². The van der Waals surface area contributed by atoms with Crippen LogP contribution in [-0.4, -0.2) is 38.1 Å². The number of hydrogen-bond donors (Lipinski definition) is 1. The Morgan fingerprint density at radius 1 is 1.25 bits per heavy atom. The molecular formula is C23H20N4O4S. The van der Waals surface area contributed by atoms with Crippen LogP contribution in [0.25, 0.3) is 28.4 Å². The minimum atomic E-state index is -1.03. The van der Waals surface area contributed by atoms with Crippen molar-refractivity contribution in [2.45, 2.75) is 30.1 Å². The van der Waals surface area contributed by atoms with Crippen molar-refractivity contribution in [3.05, 3.63) is 65.6 Å². The number of benzene rings is 2. The summed E-state index contributed by atoms with van der Waals surface area (Å²) in [6, 6.07) is 15.5. The van der Waals surface area contributed by atoms with Crippen LogP contribution in [0, 0.1) is 0 Å². The Kier molecular flexibility index (Phi) is 5.28. The van der Waals surface area contributed by atoms with E-state index in [0.717, 1.165) is 28.1 Å². The maximum Gasteiger partial charge on any atom is 0.356 e. The molecule has 0 amide bonds. The van der Waals surface area contributed by atoms with Crippen molar-refractivity contribution < 1.29 is 19.2 Å². The number of hydrogen-bond acceptors (Lipinski definition) is 7. The quantitative estimate of drug-likeness (QED) is 0.440. The summed E-state index contributed by atoms with van der Waals surface area (Å²) in [5.41, 5.74) is 4.06. The molecule has 0 radical (unpaired) electrons. The second-order valence-electron chi connectivity index (χ2n) is 7.34. The van der Waals surface area contributed by atoms with Gasteiger partial charge >= 0.3 is 5.97 Å². The lowest BCUT2D eigenvalue weighted by molar-refractivity contribution is 0.0688. The Bertz CT molecular complexity index is 1310. The van der Waals surface area contributed by atoms with Crippen LogP contribution in [0.3, 0.4) is 0 Å². The van der Waals surface area contributed by atoms with Crippen LogP contribution in [-0.2, 0) is 11.3 Å². The molecule has 3 heterocycles. The van der Waals surface area contributed by atoms with Crippen LogP contribution < -0.4 is 0 Å². The largest absolute Gasteiger partial charge is 0.476 e. The fourth-order valence-electron chi connectivity index (χ4n) is 3.93. The molecule has 5 rings (SSSR count). The Labute approximate surface area is 188 Å². The fraction of sp³-hybridized carbons (Fsp3) is 0.217. The van der Waals surface area contributed by atoms with E-state index in [9.17, 15) is 9.90 Å². The number of carboxylic acid groups (broad SMARTS) is 1. The average molecular weight is 449 g/mol. The van der Waals surface area contributed by atoms with Gasteiger partial charge in [-0.15, -0.1) is 11.8 Å². The van der Waals surface area contributed by atoms with E-state index in [2.05, 4.69) is 28.2 Å². The van der Waals surface area contributed by atoms with Crippen molar-refractivity contribution in [2.75, 3.05) is 7.11 Å². The predicted molar refractivity (Wildman–Crippen MR) is 119 cm³/mol. The number of fused-ring (bicyclic) bond motifs is 3. The first-order valence-electron chi connectivity index (χ1n) is 10.1. The van der Waals surface area contributed by atoms with Crippen molar-refractivity contribution >= 4 is 17.7 Å². The molecule has 0 fully saturated rings. The number of carbonyl (C=O) groups is 1. The summed E-state index contributed by atoms with van der Waals surface area (Å²) in [7, 11) is 1.57. The molecule has 1 aliphatic rings. The molecule has 0 spiro atoms. The van der Waals surface area contributed by atoms with Crippen LogP contribution in [0.5, 0.6) is 0 Å². The predicted octanol–water partition coefficient (Wildman–Crippen LogP) is 4.99. The summed E-state index contributed by atoms with van der Waals surface area (Å²) in [6.45, 7) is 2.32. The van der Waals surface area contributed by atoms with Crippen LogP contribution in [0.4, 0.5) is 0 Å². The van der Waals surface area contributed by atoms with Crippen molar-refractivity contribution in [1.29, 1.82) is 0 Å². The first kappa shape index (κ1) is 20.5. The highest BCUT2D eigenvalue weighted by Crippen LogP contribution is 2.52. The monoisotopic (exact) mass is 448 g/mol. The lowest BCUT2D eigenvalue weighted by Gasteiger charge is -2.24. The number of methoxy groups -OCH3 is 1. The summed E-state index contributed by atoms with van der Waals surface area (Å²) >= 11 is 1.69. The van der Waals surface area contributed by atoms with Crippen molar-refractivity contribution in [2.24, 2.45) is 0 Å². The second-order valence-corrected chi connectivity index (χ2v) is 8.58. The van der Waals surface area contributed by atoms with Gasteiger partial charge in [-0.05, 0) is 30.7 Å². The van der Waals surface area contributed by atoms with Gasteiger partial charge in [-0.2, -0.15) is 10.1 Å². The molecule has 0 saturated carbocycles. The van der Waals surface area contributed by atoms with Crippen LogP contribution in [0.15, 0.2) is 57.9 Å². The fourth-order valence-corrected chi connectivity index (χ4v) is 5.20. The summed E-state index contributed by atoms with van der Waals surface area (Å²) in [5, 5.41) is 18.4. The van der Waals surface area contributed by atoms with Gasteiger partial charge in [-0.25, -0.2) is 9.48 Å². The first-order valence-corrected chi connectivity index (χ1v) is 11.0. The maximum absolute atomic E-state index is 12.1. The molecular weight excluding hydrogens is 428 g/mol. The minimum Gasteiger partial charge on any atom is -0.476 e. The molecule has 0 saturated heterocycles. The van der Waals surface area contributed by atoms with E-state index in [1.54, 1.807) is 23.6 Å². The summed E-state index contributed by atoms with van der Waals surface area (Å²) < 4.78 is 12.1. The number of carboxylic acids is 1. The van der Waals surface area contributed by atoms with E-state index in [1.165, 1.54) is 0 Å². The van der Waals surface area contributed by atoms with Gasteiger partial charge in [0, 0.05) is 33.9 Å². The van der Waals surface area contributed by atoms with Gasteiger partial charge in [0.05, 0.1) is 11.4 Å². The Hall–Kier alpha value is -3.43. The van der Waals surface area contributed by atoms with E-state index in [-0.39, 0.29) is 17.6 Å². The zero-order valence-corrected chi connectivity index (χ0v) is 18.3. The summed E-state index contributed by atoms with van der Waals surface area (Å²) in [5.74, 6) is -0.217. The number of aromatic nitrogens is 4. The molecule has 2 aromatic heterocycles. The maximum atomic E-state index is 12.1. The normalized spacial score (nSPS) is 14.8. The third kappa shape index (κ3) is 3.39. The Morgan fingerprint density at radius 3 is 2.88 bits per heavy atom. The van der Waals surface area contributed by atoms with Gasteiger partial charge in [0.25, 0.3) is 5.89 Å². The van der Waals surface area contributed by atoms with E-state index < -0.39 is 5.97 Å². The lowest BCUT2D eigenvalue weighted by Crippen LogP contribution is -2.08. The van der Waals surface area contributed by atoms with Gasteiger partial charge in [0.1, 0.15) is 6.61 Å². The van der Waals surface area contributed by atoms with Gasteiger partial charge in [0.15, 0.2) is 11.5 Å². The molecule has 8 nitrogen and oxygen atoms in total. The van der Waals surface area contributed by atoms with E-state index in [0.29, 0.717) is 23.0 Å². The van der Waals surface area contributed by atoms with E-state index in [4.69, 9.17) is 9.26 Å². The van der Waals surface area contributed by atoms with Crippen LogP contribution in [0.2, 0.25) is 0 Å². The highest BCUT2D eigenvalue weighted by molar-refractivity contribution is 7.99. The highest BCUT2D eigenvalue weighted by atomic mass is 32.2. The SMILES string of the molecule is CCC1Sc2ccccc2-c2c1c(C(=O)O)nn2-c1cccc(-c2nc(COC)no2)c1. The van der Waals surface area contributed by atoms with Crippen LogP contribution >= 0.6 is 11.8 Å². The molecule has 1 unspecified atom stereocenters. The third-order valence-corrected chi connectivity index (χ3v) is 6.77. The van der Waals surface area contributed by atoms with Crippen LogP contribution in [0.1, 0.15) is 40.5 Å². The molecule has 0 bridgehead atoms. The van der Waals surface area contributed by atoms with Gasteiger partial charge in [-0.3, -0.25) is 0 Å². The minimum absolute atomic E-state index is 0.00970. The average Bonchev–Trinajstić information content (AvgIpc) is 3.44. The standard InChI is InChI=1S/C23H20N4O4S/c1-3-16-19-20(23(28)29)25-27(21(19)15-9-4-5-10-17(15)32-16)14-8-6-7-13(11-14)22-24-18(12-30-2)26-31-22/h4-11,16H,3,12H2,1-2H3,(H,28,29). The number of nitrogens with zero attached hydrogens (tertiary/aromatic N) is 4. The molecule has 162 valence electrons. The van der Waals surface area contributed by atoms with E-state index >= 15 is 0 Å². The topological polar surface area (TPSA) is 103 Å². The zero-order chi connectivity index (χ0) is 22.2. The molecule has 1 aliphatic heterocycles. The Morgan fingerprint density at radius 2 is 2.09 bits per heavy atom. The smallest absolute Gasteiger partial charge is 0.356 e. The second kappa shape index (κ2) is 8.25. The molecule has 32 heavy (non-hydrogen) atoms. The van der Waals surface area contributed by atoms with Crippen molar-refractivity contribution in [1.82, 2.24) is 19.9 Å². The molecule has 4 aromatic rings. The molecule has 9 heteroatoms. The summed E-state index contributed by atoms with van der Waals surface area (Å²) in [4.78, 5) is 17.6.